The van der Waals surface area contributed by atoms with Gasteiger partial charge in [0.1, 0.15) is 17.3 Å². The number of amides is 1. The number of piperidine rings is 1. The standard InChI is InChI=1S/C23H27N5O3/c1-4-16-11-24-23(25-12-16)31-17-7-6-10-28(13-17)22(30)19-14-27(5-2)21-18(20(19)29)9-8-15(3)26-21/h8-9,11-12,14,17H,4-7,10,13H2,1-3H3. The first-order valence-corrected chi connectivity index (χ1v) is 10.8. The Hall–Kier alpha value is -3.29. The van der Waals surface area contributed by atoms with Gasteiger partial charge in [0.2, 0.25) is 5.43 Å². The number of rotatable bonds is 5. The number of ether oxygens (including phenoxy) is 1. The molecule has 4 heterocycles. The Morgan fingerprint density at radius 3 is 2.71 bits per heavy atom. The maximum absolute atomic E-state index is 13.3. The molecule has 0 radical (unpaired) electrons. The molecule has 8 nitrogen and oxygen atoms in total. The normalized spacial score (nSPS) is 16.5. The number of likely N-dealkylation sites (tertiary alicyclic amines) is 1. The average molecular weight is 422 g/mol. The number of fused-ring (bicyclic) bond motifs is 1. The number of nitrogens with zero attached hydrogens (tertiary/aromatic N) is 5. The highest BCUT2D eigenvalue weighted by Gasteiger charge is 2.28. The third-order valence-electron chi connectivity index (χ3n) is 5.66. The third-order valence-corrected chi connectivity index (χ3v) is 5.66. The fraction of sp³-hybridized carbons (Fsp3) is 0.435. The zero-order valence-electron chi connectivity index (χ0n) is 18.2. The molecule has 0 bridgehead atoms. The molecule has 4 rings (SSSR count). The predicted octanol–water partition coefficient (Wildman–Crippen LogP) is 2.76. The lowest BCUT2D eigenvalue weighted by atomic mass is 10.1. The van der Waals surface area contributed by atoms with E-state index in [0.29, 0.717) is 36.7 Å². The van der Waals surface area contributed by atoms with Gasteiger partial charge in [-0.05, 0) is 50.8 Å². The number of hydrogen-bond donors (Lipinski definition) is 0. The molecule has 0 saturated carbocycles. The summed E-state index contributed by atoms with van der Waals surface area (Å²) >= 11 is 0. The molecule has 0 aliphatic carbocycles. The first-order valence-electron chi connectivity index (χ1n) is 10.8. The van der Waals surface area contributed by atoms with Crippen molar-refractivity contribution in [1.29, 1.82) is 0 Å². The molecule has 1 aliphatic heterocycles. The fourth-order valence-electron chi connectivity index (χ4n) is 3.88. The second-order valence-corrected chi connectivity index (χ2v) is 7.84. The van der Waals surface area contributed by atoms with Crippen molar-refractivity contribution in [1.82, 2.24) is 24.4 Å². The van der Waals surface area contributed by atoms with Crippen LogP contribution in [0.5, 0.6) is 6.01 Å². The minimum absolute atomic E-state index is 0.171. The van der Waals surface area contributed by atoms with Gasteiger partial charge in [-0.25, -0.2) is 15.0 Å². The van der Waals surface area contributed by atoms with Crippen LogP contribution in [0.3, 0.4) is 0 Å². The summed E-state index contributed by atoms with van der Waals surface area (Å²) in [5.74, 6) is -0.273. The van der Waals surface area contributed by atoms with Gasteiger partial charge >= 0.3 is 6.01 Å². The second kappa shape index (κ2) is 8.83. The number of pyridine rings is 2. The Bertz CT molecular complexity index is 1160. The van der Waals surface area contributed by atoms with Crippen molar-refractivity contribution < 1.29 is 9.53 Å². The summed E-state index contributed by atoms with van der Waals surface area (Å²) in [6, 6.07) is 3.87. The largest absolute Gasteiger partial charge is 0.458 e. The lowest BCUT2D eigenvalue weighted by Crippen LogP contribution is -2.45. The number of aryl methyl sites for hydroxylation is 3. The van der Waals surface area contributed by atoms with Gasteiger partial charge in [0.25, 0.3) is 5.91 Å². The SMILES string of the molecule is CCc1cnc(OC2CCCN(C(=O)c3cn(CC)c4nc(C)ccc4c3=O)C2)nc1. The van der Waals surface area contributed by atoms with E-state index >= 15 is 0 Å². The molecule has 1 unspecified atom stereocenters. The fourth-order valence-corrected chi connectivity index (χ4v) is 3.88. The van der Waals surface area contributed by atoms with Gasteiger partial charge in [-0.15, -0.1) is 0 Å². The number of carbonyl (C=O) groups is 1. The number of hydrogen-bond acceptors (Lipinski definition) is 6. The molecular weight excluding hydrogens is 394 g/mol. The van der Waals surface area contributed by atoms with Crippen LogP contribution < -0.4 is 10.2 Å². The molecule has 8 heteroatoms. The number of aromatic nitrogens is 4. The topological polar surface area (TPSA) is 90.2 Å². The van der Waals surface area contributed by atoms with Crippen LogP contribution in [0.2, 0.25) is 0 Å². The van der Waals surface area contributed by atoms with Crippen molar-refractivity contribution >= 4 is 16.9 Å². The lowest BCUT2D eigenvalue weighted by molar-refractivity contribution is 0.0514. The minimum atomic E-state index is -0.279. The second-order valence-electron chi connectivity index (χ2n) is 7.84. The summed E-state index contributed by atoms with van der Waals surface area (Å²) in [7, 11) is 0. The first-order chi connectivity index (χ1) is 15.0. The van der Waals surface area contributed by atoms with E-state index in [9.17, 15) is 9.59 Å². The molecule has 162 valence electrons. The molecule has 31 heavy (non-hydrogen) atoms. The van der Waals surface area contributed by atoms with E-state index in [1.807, 2.05) is 25.3 Å². The van der Waals surface area contributed by atoms with Crippen LogP contribution in [0.25, 0.3) is 11.0 Å². The summed E-state index contributed by atoms with van der Waals surface area (Å²) in [5.41, 5.74) is 2.37. The Morgan fingerprint density at radius 1 is 1.23 bits per heavy atom. The van der Waals surface area contributed by atoms with E-state index in [-0.39, 0.29) is 23.0 Å². The van der Waals surface area contributed by atoms with Crippen molar-refractivity contribution in [2.24, 2.45) is 0 Å². The van der Waals surface area contributed by atoms with Gasteiger partial charge in [0.15, 0.2) is 0 Å². The van der Waals surface area contributed by atoms with E-state index < -0.39 is 0 Å². The van der Waals surface area contributed by atoms with Gasteiger partial charge in [-0.2, -0.15) is 0 Å². The lowest BCUT2D eigenvalue weighted by Gasteiger charge is -2.32. The molecule has 0 spiro atoms. The van der Waals surface area contributed by atoms with Crippen molar-refractivity contribution in [2.75, 3.05) is 13.1 Å². The number of carbonyl (C=O) groups excluding carboxylic acids is 1. The summed E-state index contributed by atoms with van der Waals surface area (Å²) in [5, 5.41) is 0.465. The molecule has 1 amide bonds. The van der Waals surface area contributed by atoms with Crippen molar-refractivity contribution in [2.45, 2.75) is 52.7 Å². The quantitative estimate of drug-likeness (QED) is 0.629. The zero-order chi connectivity index (χ0) is 22.0. The summed E-state index contributed by atoms with van der Waals surface area (Å²) in [6.45, 7) is 7.50. The van der Waals surface area contributed by atoms with E-state index in [0.717, 1.165) is 30.5 Å². The Morgan fingerprint density at radius 2 is 2.00 bits per heavy atom. The molecule has 1 aliphatic rings. The smallest absolute Gasteiger partial charge is 0.316 e. The maximum atomic E-state index is 13.3. The van der Waals surface area contributed by atoms with Crippen LogP contribution in [0, 0.1) is 6.92 Å². The van der Waals surface area contributed by atoms with Crippen LogP contribution in [0.1, 0.15) is 48.3 Å². The highest BCUT2D eigenvalue weighted by atomic mass is 16.5. The van der Waals surface area contributed by atoms with Gasteiger partial charge in [0.05, 0.1) is 11.9 Å². The average Bonchev–Trinajstić information content (AvgIpc) is 2.79. The molecule has 3 aromatic heterocycles. The minimum Gasteiger partial charge on any atom is -0.458 e. The Kier molecular flexibility index (Phi) is 5.97. The Balaban J connectivity index is 1.57. The molecule has 1 atom stereocenters. The van der Waals surface area contributed by atoms with E-state index in [1.165, 1.54) is 0 Å². The maximum Gasteiger partial charge on any atom is 0.316 e. The molecule has 1 fully saturated rings. The molecule has 1 saturated heterocycles. The summed E-state index contributed by atoms with van der Waals surface area (Å²) < 4.78 is 7.78. The highest BCUT2D eigenvalue weighted by Crippen LogP contribution is 2.18. The summed E-state index contributed by atoms with van der Waals surface area (Å²) in [6.07, 6.45) is 7.41. The highest BCUT2D eigenvalue weighted by molar-refractivity contribution is 5.97. The van der Waals surface area contributed by atoms with Gasteiger partial charge in [-0.1, -0.05) is 6.92 Å². The van der Waals surface area contributed by atoms with Crippen LogP contribution in [-0.2, 0) is 13.0 Å². The zero-order valence-corrected chi connectivity index (χ0v) is 18.2. The third kappa shape index (κ3) is 4.28. The van der Waals surface area contributed by atoms with E-state index in [4.69, 9.17) is 4.74 Å². The monoisotopic (exact) mass is 421 g/mol. The molecule has 0 N–H and O–H groups in total. The molecular formula is C23H27N5O3. The van der Waals surface area contributed by atoms with E-state index in [2.05, 4.69) is 15.0 Å². The van der Waals surface area contributed by atoms with Crippen LogP contribution in [0.15, 0.2) is 35.5 Å². The Labute approximate surface area is 180 Å². The van der Waals surface area contributed by atoms with E-state index in [1.54, 1.807) is 35.6 Å². The van der Waals surface area contributed by atoms with Crippen LogP contribution >= 0.6 is 0 Å². The van der Waals surface area contributed by atoms with Crippen LogP contribution in [-0.4, -0.2) is 49.5 Å². The van der Waals surface area contributed by atoms with Gasteiger partial charge in [-0.3, -0.25) is 9.59 Å². The first kappa shape index (κ1) is 21.0. The van der Waals surface area contributed by atoms with Gasteiger partial charge < -0.3 is 14.2 Å². The van der Waals surface area contributed by atoms with Crippen molar-refractivity contribution in [3.05, 3.63) is 57.8 Å². The predicted molar refractivity (Wildman–Crippen MR) is 117 cm³/mol. The van der Waals surface area contributed by atoms with Crippen molar-refractivity contribution in [3.63, 3.8) is 0 Å². The van der Waals surface area contributed by atoms with Crippen molar-refractivity contribution in [3.8, 4) is 6.01 Å². The molecule has 3 aromatic rings. The molecule has 0 aromatic carbocycles. The summed E-state index contributed by atoms with van der Waals surface area (Å²) in [4.78, 5) is 41.1. The van der Waals surface area contributed by atoms with Gasteiger partial charge in [0, 0.05) is 37.4 Å². The van der Waals surface area contributed by atoms with Crippen LogP contribution in [0.4, 0.5) is 0 Å².